The smallest absolute Gasteiger partial charge is 0.284 e. The van der Waals surface area contributed by atoms with E-state index in [0.29, 0.717) is 36.1 Å². The molecule has 4 heterocycles. The van der Waals surface area contributed by atoms with Gasteiger partial charge in [-0.05, 0) is 19.3 Å². The fourth-order valence-corrected chi connectivity index (χ4v) is 3.62. The van der Waals surface area contributed by atoms with Gasteiger partial charge in [0.05, 0.1) is 18.9 Å². The lowest BCUT2D eigenvalue weighted by atomic mass is 10.2. The Morgan fingerprint density at radius 1 is 1.24 bits per heavy atom. The minimum atomic E-state index is -0.601. The van der Waals surface area contributed by atoms with Crippen LogP contribution in [0.5, 0.6) is 0 Å². The normalized spacial score (nSPS) is 21.6. The number of hydrogen-bond acceptors (Lipinski definition) is 6. The van der Waals surface area contributed by atoms with Crippen LogP contribution in [-0.4, -0.2) is 53.4 Å². The zero-order valence-corrected chi connectivity index (χ0v) is 14.5. The number of hydrogen-bond donors (Lipinski definition) is 1. The molecule has 4 rings (SSSR count). The van der Waals surface area contributed by atoms with Gasteiger partial charge < -0.3 is 20.1 Å². The van der Waals surface area contributed by atoms with Crippen LogP contribution < -0.4 is 10.6 Å². The van der Waals surface area contributed by atoms with Crippen molar-refractivity contribution >= 4 is 34.4 Å². The zero-order chi connectivity index (χ0) is 17.4. The lowest BCUT2D eigenvalue weighted by Gasteiger charge is -2.29. The molecule has 1 unspecified atom stereocenters. The van der Waals surface area contributed by atoms with E-state index in [9.17, 15) is 4.79 Å². The highest BCUT2D eigenvalue weighted by molar-refractivity contribution is 6.30. The van der Waals surface area contributed by atoms with Gasteiger partial charge in [-0.25, -0.2) is 9.97 Å². The maximum absolute atomic E-state index is 12.0. The average molecular weight is 366 g/mol. The Balaban J connectivity index is 1.89. The number of morpholine rings is 1. The number of carbonyl (C=O) groups excluding carboxylic acids is 1. The summed E-state index contributed by atoms with van der Waals surface area (Å²) in [5.41, 5.74) is 7.58. The van der Waals surface area contributed by atoms with Gasteiger partial charge in [0.2, 0.25) is 5.82 Å². The molecule has 2 N–H and O–H groups in total. The fraction of sp³-hybridized carbons (Fsp3) is 0.562. The first kappa shape index (κ1) is 16.6. The predicted octanol–water partition coefficient (Wildman–Crippen LogP) is 1.72. The number of nitrogens with two attached hydrogens (primary N) is 1. The Hall–Kier alpha value is -1.90. The topological polar surface area (TPSA) is 95.5 Å². The van der Waals surface area contributed by atoms with E-state index < -0.39 is 5.91 Å². The molecule has 8 nitrogen and oxygen atoms in total. The third kappa shape index (κ3) is 3.05. The summed E-state index contributed by atoms with van der Waals surface area (Å²) in [6.45, 7) is 3.37. The highest BCUT2D eigenvalue weighted by atomic mass is 35.5. The molecular weight excluding hydrogens is 346 g/mol. The van der Waals surface area contributed by atoms with Gasteiger partial charge in [0.15, 0.2) is 5.65 Å². The number of carbonyl (C=O) groups is 1. The van der Waals surface area contributed by atoms with E-state index in [1.54, 1.807) is 10.6 Å². The first-order valence-electron chi connectivity index (χ1n) is 8.48. The predicted molar refractivity (Wildman–Crippen MR) is 92.9 cm³/mol. The second-order valence-electron chi connectivity index (χ2n) is 6.23. The lowest BCUT2D eigenvalue weighted by Crippen LogP contribution is -2.36. The molecule has 2 aliphatic heterocycles. The quantitative estimate of drug-likeness (QED) is 0.832. The molecule has 0 spiro atoms. The molecule has 0 aliphatic carbocycles. The maximum atomic E-state index is 12.0. The summed E-state index contributed by atoms with van der Waals surface area (Å²) < 4.78 is 13.0. The van der Waals surface area contributed by atoms with Gasteiger partial charge in [0, 0.05) is 25.8 Å². The van der Waals surface area contributed by atoms with E-state index in [1.807, 2.05) is 0 Å². The molecule has 0 bridgehead atoms. The summed E-state index contributed by atoms with van der Waals surface area (Å²) in [5.74, 6) is -0.442. The van der Waals surface area contributed by atoms with Crippen molar-refractivity contribution in [3.63, 3.8) is 0 Å². The Labute approximate surface area is 149 Å². The number of imidazole rings is 1. The van der Waals surface area contributed by atoms with E-state index in [-0.39, 0.29) is 12.1 Å². The van der Waals surface area contributed by atoms with Crippen molar-refractivity contribution in [2.45, 2.75) is 25.5 Å². The summed E-state index contributed by atoms with van der Waals surface area (Å²) >= 11 is 6.28. The first-order chi connectivity index (χ1) is 12.1. The van der Waals surface area contributed by atoms with Gasteiger partial charge in [-0.15, -0.1) is 0 Å². The zero-order valence-electron chi connectivity index (χ0n) is 13.8. The lowest BCUT2D eigenvalue weighted by molar-refractivity contribution is -0.0308. The molecule has 2 aromatic rings. The minimum Gasteiger partial charge on any atom is -0.378 e. The highest BCUT2D eigenvalue weighted by Gasteiger charge is 2.28. The molecule has 1 amide bonds. The molecule has 0 aromatic carbocycles. The number of nitrogens with zero attached hydrogens (tertiary/aromatic N) is 4. The number of ether oxygens (including phenoxy) is 2. The summed E-state index contributed by atoms with van der Waals surface area (Å²) in [6, 6.07) is 1.78. The monoisotopic (exact) mass is 365 g/mol. The number of anilines is 1. The largest absolute Gasteiger partial charge is 0.378 e. The Bertz CT molecular complexity index is 797. The fourth-order valence-electron chi connectivity index (χ4n) is 3.44. The van der Waals surface area contributed by atoms with Gasteiger partial charge >= 0.3 is 0 Å². The van der Waals surface area contributed by atoms with Crippen LogP contribution in [0.4, 0.5) is 5.69 Å². The maximum Gasteiger partial charge on any atom is 0.284 e. The Morgan fingerprint density at radius 2 is 2.04 bits per heavy atom. The van der Waals surface area contributed by atoms with E-state index >= 15 is 0 Å². The van der Waals surface area contributed by atoms with Crippen LogP contribution in [-0.2, 0) is 9.47 Å². The van der Waals surface area contributed by atoms with Crippen LogP contribution >= 0.6 is 11.6 Å². The van der Waals surface area contributed by atoms with Crippen molar-refractivity contribution in [1.29, 1.82) is 0 Å². The molecule has 1 atom stereocenters. The average Bonchev–Trinajstić information content (AvgIpc) is 3.02. The number of halogens is 1. The van der Waals surface area contributed by atoms with Gasteiger partial charge in [-0.2, -0.15) is 0 Å². The summed E-state index contributed by atoms with van der Waals surface area (Å²) in [7, 11) is 0. The van der Waals surface area contributed by atoms with E-state index in [4.69, 9.17) is 26.8 Å². The minimum absolute atomic E-state index is 0.158. The number of primary amides is 1. The molecule has 9 heteroatoms. The third-order valence-corrected chi connectivity index (χ3v) is 4.81. The van der Waals surface area contributed by atoms with Crippen molar-refractivity contribution in [2.24, 2.45) is 5.73 Å². The number of aromatic nitrogens is 3. The van der Waals surface area contributed by atoms with Crippen molar-refractivity contribution in [3.8, 4) is 0 Å². The van der Waals surface area contributed by atoms with Gasteiger partial charge in [0.1, 0.15) is 16.9 Å². The van der Waals surface area contributed by atoms with Crippen LogP contribution in [0.15, 0.2) is 6.07 Å². The van der Waals surface area contributed by atoms with Crippen molar-refractivity contribution in [1.82, 2.24) is 14.5 Å². The molecule has 0 radical (unpaired) electrons. The SMILES string of the molecule is NC(=O)c1nc2c(N3CCOCC3)cc(Cl)nc2n1C1CCCCO1. The highest BCUT2D eigenvalue weighted by Crippen LogP contribution is 2.33. The number of amides is 1. The van der Waals surface area contributed by atoms with Crippen molar-refractivity contribution in [2.75, 3.05) is 37.8 Å². The summed E-state index contributed by atoms with van der Waals surface area (Å²) in [6.07, 6.45) is 2.50. The molecule has 2 fully saturated rings. The molecular formula is C16H20ClN5O3. The van der Waals surface area contributed by atoms with Gasteiger partial charge in [-0.3, -0.25) is 9.36 Å². The van der Waals surface area contributed by atoms with Crippen LogP contribution in [0, 0.1) is 0 Å². The van der Waals surface area contributed by atoms with Crippen LogP contribution in [0.2, 0.25) is 5.15 Å². The Morgan fingerprint density at radius 3 is 2.72 bits per heavy atom. The summed E-state index contributed by atoms with van der Waals surface area (Å²) in [4.78, 5) is 23.1. The molecule has 2 saturated heterocycles. The molecule has 2 aromatic heterocycles. The number of rotatable bonds is 3. The number of pyridine rings is 1. The second-order valence-corrected chi connectivity index (χ2v) is 6.61. The van der Waals surface area contributed by atoms with Crippen molar-refractivity contribution in [3.05, 3.63) is 17.0 Å². The Kier molecular flexibility index (Phi) is 4.49. The molecule has 2 aliphatic rings. The standard InChI is InChI=1S/C16H20ClN5O3/c17-11-9-10(21-4-7-24-8-5-21)13-15(19-11)22(16(20-13)14(18)23)12-3-1-2-6-25-12/h9,12H,1-8H2,(H2,18,23). The molecule has 25 heavy (non-hydrogen) atoms. The number of fused-ring (bicyclic) bond motifs is 1. The molecule has 134 valence electrons. The van der Waals surface area contributed by atoms with E-state index in [2.05, 4.69) is 14.9 Å². The first-order valence-corrected chi connectivity index (χ1v) is 8.85. The third-order valence-electron chi connectivity index (χ3n) is 4.61. The molecule has 0 saturated carbocycles. The van der Waals surface area contributed by atoms with Crippen molar-refractivity contribution < 1.29 is 14.3 Å². The van der Waals surface area contributed by atoms with Crippen LogP contribution in [0.1, 0.15) is 36.1 Å². The van der Waals surface area contributed by atoms with Gasteiger partial charge in [0.25, 0.3) is 5.91 Å². The van der Waals surface area contributed by atoms with Crippen LogP contribution in [0.25, 0.3) is 11.2 Å². The summed E-state index contributed by atoms with van der Waals surface area (Å²) in [5, 5.41) is 0.349. The van der Waals surface area contributed by atoms with E-state index in [0.717, 1.165) is 38.0 Å². The second kappa shape index (κ2) is 6.78. The van der Waals surface area contributed by atoms with E-state index in [1.165, 1.54) is 0 Å². The van der Waals surface area contributed by atoms with Gasteiger partial charge in [-0.1, -0.05) is 11.6 Å². The van der Waals surface area contributed by atoms with Crippen LogP contribution in [0.3, 0.4) is 0 Å².